The highest BCUT2D eigenvalue weighted by Gasteiger charge is 2.32. The van der Waals surface area contributed by atoms with Gasteiger partial charge in [-0.2, -0.15) is 0 Å². The van der Waals surface area contributed by atoms with E-state index in [0.29, 0.717) is 10.4 Å². The summed E-state index contributed by atoms with van der Waals surface area (Å²) in [7, 11) is 0. The molecule has 0 spiro atoms. The van der Waals surface area contributed by atoms with E-state index in [4.69, 9.17) is 5.73 Å². The summed E-state index contributed by atoms with van der Waals surface area (Å²) in [5.41, 5.74) is 5.97. The number of nitrogens with zero attached hydrogens (tertiary/aromatic N) is 2. The minimum absolute atomic E-state index is 0.000949. The average Bonchev–Trinajstić information content (AvgIpc) is 3.22. The van der Waals surface area contributed by atoms with Crippen molar-refractivity contribution in [3.05, 3.63) is 45.8 Å². The van der Waals surface area contributed by atoms with E-state index in [0.717, 1.165) is 29.3 Å². The van der Waals surface area contributed by atoms with Crippen molar-refractivity contribution in [1.82, 2.24) is 9.88 Å². The maximum Gasteiger partial charge on any atom is 0.258 e. The molecule has 0 unspecified atom stereocenters. The summed E-state index contributed by atoms with van der Waals surface area (Å²) in [6.45, 7) is 0.718. The minimum Gasteiger partial charge on any atom is -0.365 e. The molecule has 1 saturated heterocycles. The third kappa shape index (κ3) is 3.11. The number of amides is 2. The molecular weight excluding hydrogens is 330 g/mol. The Morgan fingerprint density at radius 2 is 2.22 bits per heavy atom. The van der Waals surface area contributed by atoms with Crippen molar-refractivity contribution in [2.75, 3.05) is 12.8 Å². The van der Waals surface area contributed by atoms with E-state index in [-0.39, 0.29) is 11.9 Å². The van der Waals surface area contributed by atoms with Crippen LogP contribution in [0.25, 0.3) is 0 Å². The van der Waals surface area contributed by atoms with E-state index in [9.17, 15) is 9.59 Å². The number of thiophene rings is 1. The zero-order valence-corrected chi connectivity index (χ0v) is 14.3. The molecule has 5 nitrogen and oxygen atoms in total. The topological polar surface area (TPSA) is 76.3 Å². The second kappa shape index (κ2) is 6.72. The number of hydrogen-bond acceptors (Lipinski definition) is 5. The second-order valence-electron chi connectivity index (χ2n) is 5.28. The third-order valence-electron chi connectivity index (χ3n) is 3.91. The van der Waals surface area contributed by atoms with Crippen LogP contribution < -0.4 is 5.73 Å². The summed E-state index contributed by atoms with van der Waals surface area (Å²) in [6.07, 6.45) is 5.47. The molecule has 2 aromatic rings. The van der Waals surface area contributed by atoms with Gasteiger partial charge in [-0.05, 0) is 43.4 Å². The number of likely N-dealkylation sites (tertiary alicyclic amines) is 1. The molecule has 2 amide bonds. The van der Waals surface area contributed by atoms with Crippen LogP contribution >= 0.6 is 23.1 Å². The largest absolute Gasteiger partial charge is 0.365 e. The van der Waals surface area contributed by atoms with Crippen LogP contribution in [0.4, 0.5) is 0 Å². The zero-order valence-electron chi connectivity index (χ0n) is 12.7. The van der Waals surface area contributed by atoms with Crippen molar-refractivity contribution in [3.63, 3.8) is 0 Å². The van der Waals surface area contributed by atoms with Gasteiger partial charge in [0.2, 0.25) is 0 Å². The molecule has 0 saturated carbocycles. The van der Waals surface area contributed by atoms with E-state index in [2.05, 4.69) is 4.98 Å². The van der Waals surface area contributed by atoms with E-state index in [1.54, 1.807) is 18.3 Å². The quantitative estimate of drug-likeness (QED) is 0.863. The zero-order chi connectivity index (χ0) is 16.4. The van der Waals surface area contributed by atoms with Gasteiger partial charge >= 0.3 is 0 Å². The number of rotatable bonds is 4. The molecular formula is C16H17N3O2S2. The molecule has 0 aromatic carbocycles. The Balaban J connectivity index is 1.88. The number of nitrogens with two attached hydrogens (primary N) is 1. The summed E-state index contributed by atoms with van der Waals surface area (Å²) in [6, 6.07) is 7.25. The number of carbonyl (C=O) groups excluding carboxylic acids is 2. The molecule has 2 N–H and O–H groups in total. The minimum atomic E-state index is -0.422. The highest BCUT2D eigenvalue weighted by Crippen LogP contribution is 2.37. The van der Waals surface area contributed by atoms with Crippen molar-refractivity contribution in [2.45, 2.75) is 23.9 Å². The number of hydrogen-bond donors (Lipinski definition) is 1. The Hall–Kier alpha value is -1.86. The molecule has 23 heavy (non-hydrogen) atoms. The number of primary amides is 1. The van der Waals surface area contributed by atoms with Crippen LogP contribution in [0.3, 0.4) is 0 Å². The Labute approximate surface area is 142 Å². The van der Waals surface area contributed by atoms with Crippen molar-refractivity contribution in [1.29, 1.82) is 0 Å². The van der Waals surface area contributed by atoms with Crippen LogP contribution in [0.15, 0.2) is 35.5 Å². The number of carbonyl (C=O) groups is 2. The normalized spacial score (nSPS) is 17.4. The standard InChI is InChI=1S/C16H17N3O2S2/c1-22-15-10(4-2-8-18-15)16(21)19-9-3-5-11(19)12-6-7-13(23-12)14(17)20/h2,4,6-8,11H,3,5,9H2,1H3,(H2,17,20)/t11-/m1/s1. The summed E-state index contributed by atoms with van der Waals surface area (Å²) in [5, 5.41) is 0.743. The Bertz CT molecular complexity index is 744. The van der Waals surface area contributed by atoms with Crippen LogP contribution in [0.5, 0.6) is 0 Å². The van der Waals surface area contributed by atoms with Gasteiger partial charge in [0.1, 0.15) is 5.03 Å². The summed E-state index contributed by atoms with van der Waals surface area (Å²) in [5.74, 6) is -0.423. The van der Waals surface area contributed by atoms with Gasteiger partial charge in [0.25, 0.3) is 11.8 Å². The van der Waals surface area contributed by atoms with Gasteiger partial charge in [-0.25, -0.2) is 4.98 Å². The van der Waals surface area contributed by atoms with Crippen molar-refractivity contribution in [2.24, 2.45) is 5.73 Å². The van der Waals surface area contributed by atoms with Gasteiger partial charge in [0.05, 0.1) is 16.5 Å². The van der Waals surface area contributed by atoms with Crippen molar-refractivity contribution in [3.8, 4) is 0 Å². The molecule has 1 aliphatic heterocycles. The Morgan fingerprint density at radius 1 is 1.39 bits per heavy atom. The van der Waals surface area contributed by atoms with Gasteiger partial charge in [0, 0.05) is 17.6 Å². The molecule has 2 aromatic heterocycles. The lowest BCUT2D eigenvalue weighted by molar-refractivity contribution is 0.0733. The molecule has 3 heterocycles. The van der Waals surface area contributed by atoms with E-state index in [1.807, 2.05) is 23.3 Å². The van der Waals surface area contributed by atoms with Crippen LogP contribution in [-0.2, 0) is 0 Å². The highest BCUT2D eigenvalue weighted by molar-refractivity contribution is 7.98. The summed E-state index contributed by atoms with van der Waals surface area (Å²) < 4.78 is 0. The Morgan fingerprint density at radius 3 is 2.91 bits per heavy atom. The first kappa shape index (κ1) is 16.0. The maximum absolute atomic E-state index is 12.9. The molecule has 0 bridgehead atoms. The van der Waals surface area contributed by atoms with Gasteiger partial charge < -0.3 is 10.6 Å². The first-order chi connectivity index (χ1) is 11.1. The highest BCUT2D eigenvalue weighted by atomic mass is 32.2. The van der Waals surface area contributed by atoms with Crippen molar-refractivity contribution < 1.29 is 9.59 Å². The number of pyridine rings is 1. The van der Waals surface area contributed by atoms with Crippen LogP contribution in [0, 0.1) is 0 Å². The van der Waals surface area contributed by atoms with Crippen LogP contribution in [0.1, 0.15) is 43.8 Å². The van der Waals surface area contributed by atoms with Crippen LogP contribution in [0.2, 0.25) is 0 Å². The second-order valence-corrected chi connectivity index (χ2v) is 7.19. The molecule has 120 valence electrons. The molecule has 3 rings (SSSR count). The molecule has 1 fully saturated rings. The van der Waals surface area contributed by atoms with E-state index < -0.39 is 5.91 Å². The van der Waals surface area contributed by atoms with Gasteiger partial charge in [-0.1, -0.05) is 0 Å². The van der Waals surface area contributed by atoms with Gasteiger partial charge in [-0.3, -0.25) is 9.59 Å². The molecule has 0 radical (unpaired) electrons. The summed E-state index contributed by atoms with van der Waals surface area (Å²) in [4.78, 5) is 31.9. The SMILES string of the molecule is CSc1ncccc1C(=O)N1CCC[C@@H]1c1ccc(C(N)=O)s1. The predicted octanol–water partition coefficient (Wildman–Crippen LogP) is 2.94. The molecule has 0 aliphatic carbocycles. The lowest BCUT2D eigenvalue weighted by Gasteiger charge is -2.24. The fourth-order valence-electron chi connectivity index (χ4n) is 2.84. The fraction of sp³-hybridized carbons (Fsp3) is 0.312. The van der Waals surface area contributed by atoms with Gasteiger partial charge in [-0.15, -0.1) is 23.1 Å². The molecule has 1 aliphatic rings. The smallest absolute Gasteiger partial charge is 0.258 e. The first-order valence-electron chi connectivity index (χ1n) is 7.31. The number of aromatic nitrogens is 1. The predicted molar refractivity (Wildman–Crippen MR) is 91.9 cm³/mol. The maximum atomic E-state index is 12.9. The third-order valence-corrected chi connectivity index (χ3v) is 5.82. The summed E-state index contributed by atoms with van der Waals surface area (Å²) >= 11 is 2.85. The van der Waals surface area contributed by atoms with Crippen molar-refractivity contribution >= 4 is 34.9 Å². The monoisotopic (exact) mass is 347 g/mol. The van der Waals surface area contributed by atoms with Gasteiger partial charge in [0.15, 0.2) is 0 Å². The number of thioether (sulfide) groups is 1. The first-order valence-corrected chi connectivity index (χ1v) is 9.35. The fourth-order valence-corrected chi connectivity index (χ4v) is 4.39. The average molecular weight is 347 g/mol. The lowest BCUT2D eigenvalue weighted by Crippen LogP contribution is -2.30. The van der Waals surface area contributed by atoms with E-state index >= 15 is 0 Å². The lowest BCUT2D eigenvalue weighted by atomic mass is 10.1. The Kier molecular flexibility index (Phi) is 4.68. The molecule has 1 atom stereocenters. The van der Waals surface area contributed by atoms with E-state index in [1.165, 1.54) is 23.1 Å². The molecule has 7 heteroatoms. The van der Waals surface area contributed by atoms with Crippen LogP contribution in [-0.4, -0.2) is 34.5 Å².